The van der Waals surface area contributed by atoms with E-state index in [9.17, 15) is 9.42 Å². The maximum absolute atomic E-state index is 11.9. The summed E-state index contributed by atoms with van der Waals surface area (Å²) in [5.74, 6) is 0. The Morgan fingerprint density at radius 1 is 1.46 bits per heavy atom. The Balaban J connectivity index is 2.61. The summed E-state index contributed by atoms with van der Waals surface area (Å²) in [4.78, 5) is 3.92. The summed E-state index contributed by atoms with van der Waals surface area (Å²) in [6.45, 7) is 0. The third-order valence-electron chi connectivity index (χ3n) is 1.95. The lowest BCUT2D eigenvalue weighted by Crippen LogP contribution is -2.40. The standard InChI is InChI=1S/C8H8N2O2S/c1-13(12)10(11)6-9-7-4-2-3-5-8(7)10/h2-6H,1H3. The zero-order valence-electron chi connectivity index (χ0n) is 7.01. The highest BCUT2D eigenvalue weighted by molar-refractivity contribution is 7.84. The van der Waals surface area contributed by atoms with Gasteiger partial charge in [0.1, 0.15) is 5.69 Å². The lowest BCUT2D eigenvalue weighted by molar-refractivity contribution is 0.662. The van der Waals surface area contributed by atoms with Crippen LogP contribution < -0.4 is 4.05 Å². The number of fused-ring (bicyclic) bond motifs is 1. The molecular formula is C8H8N2O2S. The highest BCUT2D eigenvalue weighted by Gasteiger charge is 2.31. The third kappa shape index (κ3) is 1.13. The second kappa shape index (κ2) is 2.73. The van der Waals surface area contributed by atoms with Gasteiger partial charge in [-0.25, -0.2) is 0 Å². The fourth-order valence-electron chi connectivity index (χ4n) is 1.24. The van der Waals surface area contributed by atoms with E-state index in [2.05, 4.69) is 4.99 Å². The van der Waals surface area contributed by atoms with Crippen LogP contribution in [0.4, 0.5) is 11.4 Å². The molecule has 2 atom stereocenters. The monoisotopic (exact) mass is 196 g/mol. The van der Waals surface area contributed by atoms with E-state index in [1.54, 1.807) is 24.3 Å². The minimum Gasteiger partial charge on any atom is -0.607 e. The molecule has 1 aliphatic heterocycles. The molecule has 0 amide bonds. The number of hydroxylamine groups is 1. The molecule has 13 heavy (non-hydrogen) atoms. The lowest BCUT2D eigenvalue weighted by atomic mass is 10.3. The number of rotatable bonds is 1. The van der Waals surface area contributed by atoms with Crippen LogP contribution in [0, 0.1) is 5.21 Å². The van der Waals surface area contributed by atoms with Gasteiger partial charge in [0.25, 0.3) is 0 Å². The van der Waals surface area contributed by atoms with Gasteiger partial charge < -0.3 is 5.21 Å². The lowest BCUT2D eigenvalue weighted by Gasteiger charge is -2.29. The third-order valence-corrected chi connectivity index (χ3v) is 3.00. The van der Waals surface area contributed by atoms with Crippen LogP contribution in [-0.4, -0.2) is 16.8 Å². The molecule has 68 valence electrons. The van der Waals surface area contributed by atoms with Gasteiger partial charge in [-0.1, -0.05) is 12.1 Å². The molecule has 4 nitrogen and oxygen atoms in total. The summed E-state index contributed by atoms with van der Waals surface area (Å²) in [6, 6.07) is 6.92. The van der Waals surface area contributed by atoms with Gasteiger partial charge in [-0.3, -0.25) is 0 Å². The smallest absolute Gasteiger partial charge is 0.214 e. The molecule has 1 heterocycles. The highest BCUT2D eigenvalue weighted by atomic mass is 32.2. The van der Waals surface area contributed by atoms with Crippen LogP contribution in [0.15, 0.2) is 29.3 Å². The SMILES string of the molecule is CS(=O)[N+]1([O-])C=Nc2ccccc21. The van der Waals surface area contributed by atoms with E-state index in [0.717, 1.165) is 0 Å². The molecule has 0 N–H and O–H groups in total. The molecule has 1 aliphatic rings. The number of nitrogens with zero attached hydrogens (tertiary/aromatic N) is 2. The zero-order valence-corrected chi connectivity index (χ0v) is 7.82. The van der Waals surface area contributed by atoms with Crippen molar-refractivity contribution in [3.05, 3.63) is 29.5 Å². The Morgan fingerprint density at radius 2 is 2.15 bits per heavy atom. The van der Waals surface area contributed by atoms with Crippen molar-refractivity contribution in [3.8, 4) is 0 Å². The summed E-state index contributed by atoms with van der Waals surface area (Å²) in [5.41, 5.74) is 1.05. The topological polar surface area (TPSA) is 52.5 Å². The Labute approximate surface area is 78.3 Å². The molecule has 0 saturated heterocycles. The first kappa shape index (κ1) is 8.55. The minimum absolute atomic E-state index is 0.448. The number of aliphatic imine (C=N–C) groups is 1. The van der Waals surface area contributed by atoms with Gasteiger partial charge in [-0.2, -0.15) is 13.3 Å². The summed E-state index contributed by atoms with van der Waals surface area (Å²) in [7, 11) is -1.54. The number of benzene rings is 1. The predicted molar refractivity (Wildman–Crippen MR) is 53.8 cm³/mol. The molecule has 0 aromatic heterocycles. The molecule has 0 radical (unpaired) electrons. The first-order chi connectivity index (χ1) is 6.14. The molecule has 1 aromatic rings. The average Bonchev–Trinajstić information content (AvgIpc) is 2.47. The highest BCUT2D eigenvalue weighted by Crippen LogP contribution is 2.37. The molecule has 0 aliphatic carbocycles. The van der Waals surface area contributed by atoms with E-state index in [4.69, 9.17) is 0 Å². The predicted octanol–water partition coefficient (Wildman–Crippen LogP) is 1.46. The number of hydrogen-bond donors (Lipinski definition) is 0. The molecule has 0 fully saturated rings. The van der Waals surface area contributed by atoms with Gasteiger partial charge in [-0.15, -0.1) is 0 Å². The second-order valence-corrected chi connectivity index (χ2v) is 4.14. The molecule has 2 unspecified atom stereocenters. The van der Waals surface area contributed by atoms with Crippen molar-refractivity contribution >= 4 is 28.7 Å². The van der Waals surface area contributed by atoms with E-state index in [0.29, 0.717) is 11.4 Å². The van der Waals surface area contributed by atoms with Gasteiger partial charge in [0, 0.05) is 6.07 Å². The van der Waals surface area contributed by atoms with Crippen LogP contribution in [0.5, 0.6) is 0 Å². The molecule has 0 saturated carbocycles. The van der Waals surface area contributed by atoms with E-state index < -0.39 is 15.0 Å². The van der Waals surface area contributed by atoms with Crippen molar-refractivity contribution in [2.24, 2.45) is 4.99 Å². The first-order valence-electron chi connectivity index (χ1n) is 3.73. The van der Waals surface area contributed by atoms with Crippen molar-refractivity contribution in [2.75, 3.05) is 6.26 Å². The van der Waals surface area contributed by atoms with Gasteiger partial charge in [-0.05, 0) is 6.07 Å². The van der Waals surface area contributed by atoms with Crippen molar-refractivity contribution in [3.63, 3.8) is 0 Å². The van der Waals surface area contributed by atoms with Crippen LogP contribution in [0.3, 0.4) is 0 Å². The van der Waals surface area contributed by atoms with Gasteiger partial charge in [0.15, 0.2) is 5.69 Å². The number of para-hydroxylation sites is 2. The summed E-state index contributed by atoms with van der Waals surface area (Å²) in [6.07, 6.45) is 2.54. The Bertz CT molecular complexity index is 405. The summed E-state index contributed by atoms with van der Waals surface area (Å²) < 4.78 is 10.2. The first-order valence-corrected chi connectivity index (χ1v) is 5.25. The Morgan fingerprint density at radius 3 is 2.85 bits per heavy atom. The quantitative estimate of drug-likeness (QED) is 0.504. The summed E-state index contributed by atoms with van der Waals surface area (Å²) >= 11 is 0. The second-order valence-electron chi connectivity index (χ2n) is 2.75. The van der Waals surface area contributed by atoms with Crippen molar-refractivity contribution in [1.82, 2.24) is 4.05 Å². The van der Waals surface area contributed by atoms with Gasteiger partial charge in [0.2, 0.25) is 17.3 Å². The zero-order chi connectivity index (χ0) is 9.47. The molecule has 5 heteroatoms. The van der Waals surface area contributed by atoms with E-state index in [1.165, 1.54) is 12.6 Å². The Hall–Kier alpha value is -1.04. The van der Waals surface area contributed by atoms with Crippen LogP contribution in [0.25, 0.3) is 0 Å². The fourth-order valence-corrected chi connectivity index (χ4v) is 1.85. The molecule has 0 spiro atoms. The van der Waals surface area contributed by atoms with Crippen LogP contribution in [-0.2, 0) is 11.0 Å². The minimum atomic E-state index is -1.54. The van der Waals surface area contributed by atoms with E-state index in [-0.39, 0.29) is 0 Å². The van der Waals surface area contributed by atoms with E-state index in [1.807, 2.05) is 0 Å². The Kier molecular flexibility index (Phi) is 1.80. The average molecular weight is 196 g/mol. The van der Waals surface area contributed by atoms with E-state index >= 15 is 0 Å². The van der Waals surface area contributed by atoms with Gasteiger partial charge in [0.05, 0.1) is 6.26 Å². The number of quaternary nitrogens is 1. The number of hydrogen-bond acceptors (Lipinski definition) is 3. The fraction of sp³-hybridized carbons (Fsp3) is 0.125. The van der Waals surface area contributed by atoms with Crippen molar-refractivity contribution in [1.29, 1.82) is 0 Å². The van der Waals surface area contributed by atoms with Crippen LogP contribution in [0.1, 0.15) is 0 Å². The largest absolute Gasteiger partial charge is 0.607 e. The molecule has 0 bridgehead atoms. The molecular weight excluding hydrogens is 188 g/mol. The van der Waals surface area contributed by atoms with Crippen LogP contribution >= 0.6 is 0 Å². The molecule has 1 aromatic carbocycles. The van der Waals surface area contributed by atoms with Crippen molar-refractivity contribution < 1.29 is 4.21 Å². The summed E-state index contributed by atoms with van der Waals surface area (Å²) in [5, 5.41) is 11.9. The molecule has 2 rings (SSSR count). The maximum atomic E-state index is 11.9. The van der Waals surface area contributed by atoms with Crippen molar-refractivity contribution in [2.45, 2.75) is 0 Å². The maximum Gasteiger partial charge on any atom is 0.214 e. The normalized spacial score (nSPS) is 27.2. The van der Waals surface area contributed by atoms with Gasteiger partial charge >= 0.3 is 0 Å². The van der Waals surface area contributed by atoms with Crippen LogP contribution in [0.2, 0.25) is 0 Å².